The van der Waals surface area contributed by atoms with Gasteiger partial charge in [0.2, 0.25) is 0 Å². The predicted octanol–water partition coefficient (Wildman–Crippen LogP) is 2.75. The van der Waals surface area contributed by atoms with Gasteiger partial charge < -0.3 is 15.4 Å². The van der Waals surface area contributed by atoms with E-state index in [1.807, 2.05) is 42.3 Å². The second-order valence-corrected chi connectivity index (χ2v) is 6.41. The molecule has 27 heavy (non-hydrogen) atoms. The molecule has 1 heterocycles. The normalized spacial score (nSPS) is 11.6. The Morgan fingerprint density at radius 1 is 1.11 bits per heavy atom. The number of rotatable bonds is 8. The molecule has 0 amide bonds. The molecule has 0 atom stereocenters. The average Bonchev–Trinajstić information content (AvgIpc) is 3.11. The first-order chi connectivity index (χ1) is 13.2. The second kappa shape index (κ2) is 9.62. The highest BCUT2D eigenvalue weighted by molar-refractivity contribution is 5.83. The summed E-state index contributed by atoms with van der Waals surface area (Å²) in [5.74, 6) is 1.72. The largest absolute Gasteiger partial charge is 0.494 e. The minimum Gasteiger partial charge on any atom is -0.494 e. The number of ether oxygens (including phenoxy) is 1. The van der Waals surface area contributed by atoms with Gasteiger partial charge in [-0.3, -0.25) is 9.67 Å². The summed E-state index contributed by atoms with van der Waals surface area (Å²) >= 11 is 0. The van der Waals surface area contributed by atoms with Crippen LogP contribution in [0.25, 0.3) is 10.8 Å². The van der Waals surface area contributed by atoms with Gasteiger partial charge in [-0.05, 0) is 41.3 Å². The molecule has 0 aliphatic heterocycles. The van der Waals surface area contributed by atoms with Crippen LogP contribution in [0, 0.1) is 0 Å². The topological polar surface area (TPSA) is 63.5 Å². The standard InChI is InChI=1S/C21H27N5O/c1-22-21(24-12-10-17-15-25-26(2)16-17)23-11-5-13-27-20-9-8-18-6-3-4-7-19(18)14-20/h3-4,6-9,14-16H,5,10-13H2,1-2H3,(H2,22,23,24). The molecule has 2 N–H and O–H groups in total. The molecule has 3 aromatic rings. The summed E-state index contributed by atoms with van der Waals surface area (Å²) < 4.78 is 7.68. The molecule has 0 aliphatic carbocycles. The number of nitrogens with one attached hydrogen (secondary N) is 2. The lowest BCUT2D eigenvalue weighted by Gasteiger charge is -2.12. The Morgan fingerprint density at radius 2 is 1.93 bits per heavy atom. The quantitative estimate of drug-likeness (QED) is 0.366. The SMILES string of the molecule is CN=C(NCCCOc1ccc2ccccc2c1)NCCc1cnn(C)c1. The van der Waals surface area contributed by atoms with Crippen LogP contribution in [-0.2, 0) is 13.5 Å². The summed E-state index contributed by atoms with van der Waals surface area (Å²) in [4.78, 5) is 4.25. The lowest BCUT2D eigenvalue weighted by atomic mass is 10.1. The molecule has 0 spiro atoms. The van der Waals surface area contributed by atoms with Crippen molar-refractivity contribution in [3.63, 3.8) is 0 Å². The maximum absolute atomic E-state index is 5.86. The van der Waals surface area contributed by atoms with Gasteiger partial charge in [0, 0.05) is 33.4 Å². The third-order valence-corrected chi connectivity index (χ3v) is 4.29. The van der Waals surface area contributed by atoms with Crippen LogP contribution in [0.1, 0.15) is 12.0 Å². The minimum atomic E-state index is 0.665. The number of hydrogen-bond donors (Lipinski definition) is 2. The monoisotopic (exact) mass is 365 g/mol. The van der Waals surface area contributed by atoms with E-state index >= 15 is 0 Å². The molecule has 0 bridgehead atoms. The number of nitrogens with zero attached hydrogens (tertiary/aromatic N) is 3. The fourth-order valence-corrected chi connectivity index (χ4v) is 2.87. The number of hydrogen-bond acceptors (Lipinski definition) is 3. The van der Waals surface area contributed by atoms with Gasteiger partial charge in [0.15, 0.2) is 5.96 Å². The lowest BCUT2D eigenvalue weighted by molar-refractivity contribution is 0.311. The average molecular weight is 365 g/mol. The Kier molecular flexibility index (Phi) is 6.68. The Labute approximate surface area is 160 Å². The van der Waals surface area contributed by atoms with Crippen molar-refractivity contribution in [1.29, 1.82) is 0 Å². The highest BCUT2D eigenvalue weighted by Gasteiger charge is 2.00. The molecular formula is C21H27N5O. The van der Waals surface area contributed by atoms with Gasteiger partial charge in [0.05, 0.1) is 12.8 Å². The van der Waals surface area contributed by atoms with E-state index in [-0.39, 0.29) is 0 Å². The smallest absolute Gasteiger partial charge is 0.190 e. The van der Waals surface area contributed by atoms with Crippen molar-refractivity contribution in [2.45, 2.75) is 12.8 Å². The van der Waals surface area contributed by atoms with Crippen molar-refractivity contribution in [2.75, 3.05) is 26.7 Å². The summed E-state index contributed by atoms with van der Waals surface area (Å²) in [5, 5.41) is 13.2. The molecule has 2 aromatic carbocycles. The minimum absolute atomic E-state index is 0.665. The van der Waals surface area contributed by atoms with Crippen molar-refractivity contribution in [2.24, 2.45) is 12.0 Å². The first kappa shape index (κ1) is 18.8. The van der Waals surface area contributed by atoms with E-state index in [1.165, 1.54) is 16.3 Å². The van der Waals surface area contributed by atoms with Crippen molar-refractivity contribution < 1.29 is 4.74 Å². The molecule has 0 saturated carbocycles. The van der Waals surface area contributed by atoms with E-state index in [1.54, 1.807) is 7.05 Å². The Balaban J connectivity index is 1.33. The molecule has 0 radical (unpaired) electrons. The van der Waals surface area contributed by atoms with Crippen molar-refractivity contribution in [3.05, 3.63) is 60.4 Å². The van der Waals surface area contributed by atoms with Gasteiger partial charge in [-0.2, -0.15) is 5.10 Å². The van der Waals surface area contributed by atoms with Crippen LogP contribution in [-0.4, -0.2) is 42.5 Å². The molecule has 142 valence electrons. The molecule has 0 aliphatic rings. The van der Waals surface area contributed by atoms with Crippen molar-refractivity contribution in [3.8, 4) is 5.75 Å². The number of guanidine groups is 1. The third-order valence-electron chi connectivity index (χ3n) is 4.29. The van der Waals surface area contributed by atoms with Gasteiger partial charge in [-0.15, -0.1) is 0 Å². The predicted molar refractivity (Wildman–Crippen MR) is 110 cm³/mol. The van der Waals surface area contributed by atoms with Crippen molar-refractivity contribution in [1.82, 2.24) is 20.4 Å². The maximum Gasteiger partial charge on any atom is 0.190 e. The fraction of sp³-hybridized carbons (Fsp3) is 0.333. The van der Waals surface area contributed by atoms with Crippen LogP contribution in [0.3, 0.4) is 0 Å². The van der Waals surface area contributed by atoms with E-state index < -0.39 is 0 Å². The number of aliphatic imine (C=N–C) groups is 1. The van der Waals surface area contributed by atoms with Gasteiger partial charge in [0.1, 0.15) is 5.75 Å². The summed E-state index contributed by atoms with van der Waals surface area (Å²) in [7, 11) is 3.71. The molecule has 1 aromatic heterocycles. The van der Waals surface area contributed by atoms with E-state index in [2.05, 4.69) is 45.0 Å². The number of aromatic nitrogens is 2. The molecule has 0 unspecified atom stereocenters. The van der Waals surface area contributed by atoms with Crippen LogP contribution >= 0.6 is 0 Å². The highest BCUT2D eigenvalue weighted by Crippen LogP contribution is 2.20. The maximum atomic E-state index is 5.86. The summed E-state index contributed by atoms with van der Waals surface area (Å²) in [6.45, 7) is 2.29. The van der Waals surface area contributed by atoms with Crippen LogP contribution in [0.2, 0.25) is 0 Å². The number of fused-ring (bicyclic) bond motifs is 1. The summed E-state index contributed by atoms with van der Waals surface area (Å²) in [6.07, 6.45) is 5.74. The molecule has 6 heteroatoms. The zero-order chi connectivity index (χ0) is 18.9. The Bertz CT molecular complexity index is 887. The van der Waals surface area contributed by atoms with Gasteiger partial charge in [-0.1, -0.05) is 30.3 Å². The van der Waals surface area contributed by atoms with Crippen molar-refractivity contribution >= 4 is 16.7 Å². The van der Waals surface area contributed by atoms with Gasteiger partial charge in [-0.25, -0.2) is 0 Å². The fourth-order valence-electron chi connectivity index (χ4n) is 2.87. The molecule has 0 saturated heterocycles. The Morgan fingerprint density at radius 3 is 2.70 bits per heavy atom. The van der Waals surface area contributed by atoms with E-state index in [4.69, 9.17) is 4.74 Å². The Hall–Kier alpha value is -3.02. The highest BCUT2D eigenvalue weighted by atomic mass is 16.5. The van der Waals surface area contributed by atoms with Crippen LogP contribution in [0.15, 0.2) is 59.9 Å². The number of benzene rings is 2. The summed E-state index contributed by atoms with van der Waals surface area (Å²) in [5.41, 5.74) is 1.21. The zero-order valence-corrected chi connectivity index (χ0v) is 16.0. The van der Waals surface area contributed by atoms with Gasteiger partial charge in [0.25, 0.3) is 0 Å². The van der Waals surface area contributed by atoms with E-state index in [0.29, 0.717) is 6.61 Å². The lowest BCUT2D eigenvalue weighted by Crippen LogP contribution is -2.39. The van der Waals surface area contributed by atoms with Gasteiger partial charge >= 0.3 is 0 Å². The van der Waals surface area contributed by atoms with Crippen LogP contribution in [0.4, 0.5) is 0 Å². The molecular weight excluding hydrogens is 338 g/mol. The van der Waals surface area contributed by atoms with Crippen LogP contribution < -0.4 is 15.4 Å². The van der Waals surface area contributed by atoms with E-state index in [9.17, 15) is 0 Å². The molecule has 3 rings (SSSR count). The zero-order valence-electron chi connectivity index (χ0n) is 16.0. The number of aryl methyl sites for hydroxylation is 1. The third kappa shape index (κ3) is 5.74. The van der Waals surface area contributed by atoms with E-state index in [0.717, 1.165) is 37.6 Å². The summed E-state index contributed by atoms with van der Waals surface area (Å²) in [6, 6.07) is 14.5. The first-order valence-electron chi connectivity index (χ1n) is 9.28. The second-order valence-electron chi connectivity index (χ2n) is 6.41. The first-order valence-corrected chi connectivity index (χ1v) is 9.28. The molecule has 6 nitrogen and oxygen atoms in total. The molecule has 0 fully saturated rings. The van der Waals surface area contributed by atoms with Crippen LogP contribution in [0.5, 0.6) is 5.75 Å².